The minimum atomic E-state index is -0.469. The van der Waals surface area contributed by atoms with Crippen molar-refractivity contribution >= 4 is 29.1 Å². The molecule has 6 heteroatoms. The van der Waals surface area contributed by atoms with Crippen molar-refractivity contribution in [3.63, 3.8) is 0 Å². The average Bonchev–Trinajstić information content (AvgIpc) is 2.37. The zero-order valence-corrected chi connectivity index (χ0v) is 13.5. The van der Waals surface area contributed by atoms with Crippen LogP contribution in [-0.4, -0.2) is 29.9 Å². The lowest BCUT2D eigenvalue weighted by molar-refractivity contribution is 0.0527. The number of carbonyl (C=O) groups is 1. The molecule has 0 spiro atoms. The lowest BCUT2D eigenvalue weighted by atomic mass is 10.2. The monoisotopic (exact) mass is 309 g/mol. The first kappa shape index (κ1) is 17.2. The second-order valence-corrected chi connectivity index (χ2v) is 5.94. The van der Waals surface area contributed by atoms with E-state index in [2.05, 4.69) is 16.0 Å². The molecule has 1 rings (SSSR count). The van der Waals surface area contributed by atoms with Gasteiger partial charge in [-0.15, -0.1) is 0 Å². The lowest BCUT2D eigenvalue weighted by Gasteiger charge is -2.19. The van der Waals surface area contributed by atoms with Crippen LogP contribution in [0.4, 0.5) is 10.5 Å². The Kier molecular flexibility index (Phi) is 6.94. The number of thiocarbonyl (C=S) groups is 1. The fourth-order valence-electron chi connectivity index (χ4n) is 1.49. The molecule has 0 fully saturated rings. The van der Waals surface area contributed by atoms with Gasteiger partial charge in [0.05, 0.1) is 0 Å². The Labute approximate surface area is 131 Å². The minimum absolute atomic E-state index is 0.396. The topological polar surface area (TPSA) is 62.4 Å². The van der Waals surface area contributed by atoms with E-state index < -0.39 is 11.7 Å². The lowest BCUT2D eigenvalue weighted by Crippen LogP contribution is -2.35. The molecule has 3 N–H and O–H groups in total. The minimum Gasteiger partial charge on any atom is -0.444 e. The molecule has 21 heavy (non-hydrogen) atoms. The Morgan fingerprint density at radius 3 is 2.38 bits per heavy atom. The molecule has 116 valence electrons. The van der Waals surface area contributed by atoms with E-state index in [4.69, 9.17) is 17.0 Å². The summed E-state index contributed by atoms with van der Waals surface area (Å²) in [4.78, 5) is 11.4. The first-order valence-electron chi connectivity index (χ1n) is 6.93. The number of anilines is 1. The standard InChI is InChI=1S/C15H23N3O2S/c1-15(2,3)20-14(19)17-11-7-10-16-13(21)18-12-8-5-4-6-9-12/h4-6,8-9H,7,10-11H2,1-3H3,(H,17,19)(H2,16,18,21). The third-order valence-corrected chi connectivity index (χ3v) is 2.59. The molecule has 5 nitrogen and oxygen atoms in total. The highest BCUT2D eigenvalue weighted by atomic mass is 32.1. The summed E-state index contributed by atoms with van der Waals surface area (Å²) in [7, 11) is 0. The molecule has 0 aliphatic carbocycles. The van der Waals surface area contributed by atoms with Crippen LogP contribution in [0, 0.1) is 0 Å². The third-order valence-electron chi connectivity index (χ3n) is 2.34. The van der Waals surface area contributed by atoms with Crippen molar-refractivity contribution in [3.8, 4) is 0 Å². The van der Waals surface area contributed by atoms with Gasteiger partial charge in [0.15, 0.2) is 5.11 Å². The first-order valence-corrected chi connectivity index (χ1v) is 7.34. The molecule has 0 saturated heterocycles. The van der Waals surface area contributed by atoms with Crippen molar-refractivity contribution in [1.82, 2.24) is 10.6 Å². The van der Waals surface area contributed by atoms with E-state index in [1.807, 2.05) is 51.1 Å². The van der Waals surface area contributed by atoms with Crippen LogP contribution < -0.4 is 16.0 Å². The number of ether oxygens (including phenoxy) is 1. The van der Waals surface area contributed by atoms with Gasteiger partial charge in [0.1, 0.15) is 5.60 Å². The Morgan fingerprint density at radius 1 is 1.14 bits per heavy atom. The Bertz CT molecular complexity index is 458. The highest BCUT2D eigenvalue weighted by Gasteiger charge is 2.15. The molecule has 0 aliphatic heterocycles. The van der Waals surface area contributed by atoms with Crippen molar-refractivity contribution < 1.29 is 9.53 Å². The predicted octanol–water partition coefficient (Wildman–Crippen LogP) is 2.89. The van der Waals surface area contributed by atoms with Crippen LogP contribution in [-0.2, 0) is 4.74 Å². The van der Waals surface area contributed by atoms with E-state index >= 15 is 0 Å². The van der Waals surface area contributed by atoms with E-state index in [1.54, 1.807) is 0 Å². The second-order valence-electron chi connectivity index (χ2n) is 5.53. The Balaban J connectivity index is 2.09. The van der Waals surface area contributed by atoms with Gasteiger partial charge in [-0.25, -0.2) is 4.79 Å². The molecular formula is C15H23N3O2S. The fraction of sp³-hybridized carbons (Fsp3) is 0.467. The molecule has 1 aromatic carbocycles. The van der Waals surface area contributed by atoms with E-state index in [-0.39, 0.29) is 0 Å². The molecule has 0 aliphatic rings. The molecule has 0 radical (unpaired) electrons. The van der Waals surface area contributed by atoms with Gasteiger partial charge in [0, 0.05) is 18.8 Å². The smallest absolute Gasteiger partial charge is 0.407 e. The number of rotatable bonds is 5. The van der Waals surface area contributed by atoms with Gasteiger partial charge < -0.3 is 20.7 Å². The van der Waals surface area contributed by atoms with E-state index in [0.29, 0.717) is 18.2 Å². The van der Waals surface area contributed by atoms with Crippen LogP contribution in [0.15, 0.2) is 30.3 Å². The van der Waals surface area contributed by atoms with E-state index in [1.165, 1.54) is 0 Å². The fourth-order valence-corrected chi connectivity index (χ4v) is 1.71. The largest absolute Gasteiger partial charge is 0.444 e. The number of hydrogen-bond acceptors (Lipinski definition) is 3. The van der Waals surface area contributed by atoms with Gasteiger partial charge in [0.2, 0.25) is 0 Å². The van der Waals surface area contributed by atoms with Crippen LogP contribution in [0.2, 0.25) is 0 Å². The average molecular weight is 309 g/mol. The van der Waals surface area contributed by atoms with Gasteiger partial charge in [-0.05, 0) is 51.5 Å². The molecule has 0 unspecified atom stereocenters. The summed E-state index contributed by atoms with van der Waals surface area (Å²) in [5.41, 5.74) is 0.477. The first-order chi connectivity index (χ1) is 9.87. The SMILES string of the molecule is CC(C)(C)OC(=O)NCCCNC(=S)Nc1ccccc1. The summed E-state index contributed by atoms with van der Waals surface area (Å²) in [6.45, 7) is 6.72. The van der Waals surface area contributed by atoms with Crippen molar-refractivity contribution in [2.45, 2.75) is 32.8 Å². The van der Waals surface area contributed by atoms with Crippen LogP contribution in [0.25, 0.3) is 0 Å². The molecule has 0 atom stereocenters. The van der Waals surface area contributed by atoms with Crippen LogP contribution in [0.1, 0.15) is 27.2 Å². The highest BCUT2D eigenvalue weighted by molar-refractivity contribution is 7.80. The summed E-state index contributed by atoms with van der Waals surface area (Å²) < 4.78 is 5.14. The van der Waals surface area contributed by atoms with Crippen LogP contribution in [0.5, 0.6) is 0 Å². The van der Waals surface area contributed by atoms with E-state index in [9.17, 15) is 4.79 Å². The molecule has 0 aromatic heterocycles. The van der Waals surface area contributed by atoms with Crippen molar-refractivity contribution in [2.24, 2.45) is 0 Å². The number of hydrogen-bond donors (Lipinski definition) is 3. The van der Waals surface area contributed by atoms with Crippen LogP contribution in [0.3, 0.4) is 0 Å². The summed E-state index contributed by atoms with van der Waals surface area (Å²) in [6, 6.07) is 9.71. The third kappa shape index (κ3) is 8.86. The molecule has 0 heterocycles. The van der Waals surface area contributed by atoms with Crippen molar-refractivity contribution in [3.05, 3.63) is 30.3 Å². The number of para-hydroxylation sites is 1. The Hall–Kier alpha value is -1.82. The zero-order valence-electron chi connectivity index (χ0n) is 12.7. The van der Waals surface area contributed by atoms with Gasteiger partial charge in [-0.3, -0.25) is 0 Å². The maximum Gasteiger partial charge on any atom is 0.407 e. The second kappa shape index (κ2) is 8.46. The van der Waals surface area contributed by atoms with Crippen molar-refractivity contribution in [2.75, 3.05) is 18.4 Å². The molecule has 0 saturated carbocycles. The maximum atomic E-state index is 11.4. The maximum absolute atomic E-state index is 11.4. The van der Waals surface area contributed by atoms with Crippen LogP contribution >= 0.6 is 12.2 Å². The molecule has 1 amide bonds. The summed E-state index contributed by atoms with van der Waals surface area (Å²) in [6.07, 6.45) is 0.364. The zero-order chi connectivity index (χ0) is 15.7. The molecular weight excluding hydrogens is 286 g/mol. The summed E-state index contributed by atoms with van der Waals surface area (Å²) in [5.74, 6) is 0. The number of benzene rings is 1. The van der Waals surface area contributed by atoms with Gasteiger partial charge in [0.25, 0.3) is 0 Å². The summed E-state index contributed by atoms with van der Waals surface area (Å²) in [5, 5.41) is 9.43. The van der Waals surface area contributed by atoms with Gasteiger partial charge in [-0.1, -0.05) is 18.2 Å². The Morgan fingerprint density at radius 2 is 1.76 bits per heavy atom. The van der Waals surface area contributed by atoms with Crippen molar-refractivity contribution in [1.29, 1.82) is 0 Å². The molecule has 0 bridgehead atoms. The summed E-state index contributed by atoms with van der Waals surface area (Å²) >= 11 is 5.17. The quantitative estimate of drug-likeness (QED) is 0.577. The highest BCUT2D eigenvalue weighted by Crippen LogP contribution is 2.06. The van der Waals surface area contributed by atoms with E-state index in [0.717, 1.165) is 12.1 Å². The van der Waals surface area contributed by atoms with Gasteiger partial charge in [-0.2, -0.15) is 0 Å². The van der Waals surface area contributed by atoms with Gasteiger partial charge >= 0.3 is 6.09 Å². The number of nitrogens with one attached hydrogen (secondary N) is 3. The normalized spacial score (nSPS) is 10.6. The number of alkyl carbamates (subject to hydrolysis) is 1. The molecule has 1 aromatic rings. The predicted molar refractivity (Wildman–Crippen MR) is 89.5 cm³/mol. The number of amides is 1. The number of carbonyl (C=O) groups excluding carboxylic acids is 1.